The van der Waals surface area contributed by atoms with Crippen LogP contribution >= 0.6 is 0 Å². The monoisotopic (exact) mass is 231 g/mol. The highest BCUT2D eigenvalue weighted by Gasteiger charge is 2.23. The van der Waals surface area contributed by atoms with Crippen molar-refractivity contribution in [3.8, 4) is 0 Å². The van der Waals surface area contributed by atoms with E-state index in [0.717, 1.165) is 25.0 Å². The van der Waals surface area contributed by atoms with Gasteiger partial charge in [0.2, 0.25) is 5.91 Å². The van der Waals surface area contributed by atoms with Crippen LogP contribution in [-0.4, -0.2) is 5.91 Å². The summed E-state index contributed by atoms with van der Waals surface area (Å²) in [5, 5.41) is 2.96. The van der Waals surface area contributed by atoms with Gasteiger partial charge in [0.1, 0.15) is 0 Å². The predicted octanol–water partition coefficient (Wildman–Crippen LogP) is 3.47. The fraction of sp³-hybridized carbons (Fsp3) is 0.533. The van der Waals surface area contributed by atoms with Crippen molar-refractivity contribution in [1.29, 1.82) is 0 Å². The van der Waals surface area contributed by atoms with Crippen LogP contribution in [0.15, 0.2) is 35.1 Å². The van der Waals surface area contributed by atoms with Crippen molar-refractivity contribution in [3.05, 3.63) is 35.1 Å². The lowest BCUT2D eigenvalue weighted by molar-refractivity contribution is -0.120. The van der Waals surface area contributed by atoms with Crippen LogP contribution in [0.4, 0.5) is 0 Å². The van der Waals surface area contributed by atoms with Gasteiger partial charge in [-0.1, -0.05) is 38.5 Å². The molecule has 2 heteroatoms. The normalized spacial score (nSPS) is 20.6. The molecule has 0 aromatic rings. The second-order valence-electron chi connectivity index (χ2n) is 5.49. The van der Waals surface area contributed by atoms with Crippen LogP contribution in [-0.2, 0) is 4.79 Å². The van der Waals surface area contributed by atoms with Gasteiger partial charge in [0.25, 0.3) is 0 Å². The van der Waals surface area contributed by atoms with Crippen LogP contribution in [0, 0.1) is 5.41 Å². The molecule has 0 aromatic carbocycles. The molecule has 0 aromatic heterocycles. The van der Waals surface area contributed by atoms with Gasteiger partial charge in [-0.25, -0.2) is 0 Å². The minimum Gasteiger partial charge on any atom is -0.326 e. The molecule has 17 heavy (non-hydrogen) atoms. The van der Waals surface area contributed by atoms with E-state index in [1.807, 2.05) is 0 Å². The van der Waals surface area contributed by atoms with Gasteiger partial charge >= 0.3 is 0 Å². The molecule has 1 saturated heterocycles. The van der Waals surface area contributed by atoms with Crippen molar-refractivity contribution < 1.29 is 4.79 Å². The lowest BCUT2D eigenvalue weighted by Crippen LogP contribution is -2.28. The minimum absolute atomic E-state index is 0.139. The van der Waals surface area contributed by atoms with Crippen LogP contribution in [0.2, 0.25) is 0 Å². The summed E-state index contributed by atoms with van der Waals surface area (Å²) in [5.74, 6) is 0.139. The molecular weight excluding hydrogens is 210 g/mol. The van der Waals surface area contributed by atoms with Gasteiger partial charge < -0.3 is 5.32 Å². The van der Waals surface area contributed by atoms with E-state index in [9.17, 15) is 4.79 Å². The van der Waals surface area contributed by atoms with Crippen LogP contribution in [0.25, 0.3) is 0 Å². The Kier molecular flexibility index (Phi) is 3.23. The van der Waals surface area contributed by atoms with E-state index in [-0.39, 0.29) is 11.3 Å². The van der Waals surface area contributed by atoms with E-state index >= 15 is 0 Å². The summed E-state index contributed by atoms with van der Waals surface area (Å²) in [7, 11) is 0. The highest BCUT2D eigenvalue weighted by atomic mass is 16.1. The Bertz CT molecular complexity index is 424. The molecule has 2 aliphatic rings. The van der Waals surface area contributed by atoms with Gasteiger partial charge in [0, 0.05) is 12.1 Å². The van der Waals surface area contributed by atoms with Crippen molar-refractivity contribution in [3.63, 3.8) is 0 Å². The number of rotatable bonds is 2. The Morgan fingerprint density at radius 3 is 2.76 bits per heavy atom. The Morgan fingerprint density at radius 2 is 2.06 bits per heavy atom. The summed E-state index contributed by atoms with van der Waals surface area (Å²) in [5.41, 5.74) is 3.99. The third kappa shape index (κ3) is 2.51. The van der Waals surface area contributed by atoms with E-state index in [2.05, 4.69) is 44.3 Å². The maximum Gasteiger partial charge on any atom is 0.224 e. The maximum absolute atomic E-state index is 11.4. The summed E-state index contributed by atoms with van der Waals surface area (Å²) >= 11 is 0. The lowest BCUT2D eigenvalue weighted by atomic mass is 9.80. The highest BCUT2D eigenvalue weighted by Crippen LogP contribution is 2.35. The Balaban J connectivity index is 2.27. The highest BCUT2D eigenvalue weighted by molar-refractivity contribution is 5.81. The number of hydrogen-bond donors (Lipinski definition) is 1. The first-order valence-corrected chi connectivity index (χ1v) is 6.43. The van der Waals surface area contributed by atoms with Crippen LogP contribution in [0.1, 0.15) is 46.5 Å². The Hall–Kier alpha value is -1.31. The number of amides is 1. The average molecular weight is 231 g/mol. The molecule has 0 atom stereocenters. The number of fused-ring (bicyclic) bond motifs is 1. The van der Waals surface area contributed by atoms with E-state index in [1.165, 1.54) is 11.1 Å². The van der Waals surface area contributed by atoms with E-state index in [0.29, 0.717) is 6.42 Å². The topological polar surface area (TPSA) is 29.1 Å². The number of nitrogens with one attached hydrogen (secondary N) is 1. The zero-order valence-electron chi connectivity index (χ0n) is 11.0. The smallest absolute Gasteiger partial charge is 0.224 e. The molecule has 1 heterocycles. The van der Waals surface area contributed by atoms with Gasteiger partial charge in [-0.15, -0.1) is 0 Å². The Morgan fingerprint density at radius 1 is 1.29 bits per heavy atom. The molecular formula is C15H21NO. The second-order valence-corrected chi connectivity index (χ2v) is 5.49. The van der Waals surface area contributed by atoms with Gasteiger partial charge in [0.05, 0.1) is 0 Å². The number of carbonyl (C=O) groups is 1. The zero-order valence-corrected chi connectivity index (χ0v) is 11.0. The molecule has 2 nitrogen and oxygen atoms in total. The molecule has 0 saturated carbocycles. The summed E-state index contributed by atoms with van der Waals surface area (Å²) in [6, 6.07) is 0. The zero-order chi connectivity index (χ0) is 12.5. The first-order valence-electron chi connectivity index (χ1n) is 6.43. The van der Waals surface area contributed by atoms with Crippen LogP contribution < -0.4 is 5.32 Å². The standard InChI is InChI=1S/C15H21NO/c1-4-15(2,3)12-7-5-11-6-10-14(17)16-13(11)9-8-12/h5,8-9H,4,6-7,10H2,1-3H3,(H,16,17). The van der Waals surface area contributed by atoms with Crippen molar-refractivity contribution >= 4 is 5.91 Å². The molecule has 2 rings (SSSR count). The second kappa shape index (κ2) is 4.52. The third-order valence-electron chi connectivity index (χ3n) is 4.01. The average Bonchev–Trinajstić information content (AvgIpc) is 2.51. The number of carbonyl (C=O) groups excluding carboxylic acids is 1. The van der Waals surface area contributed by atoms with Gasteiger partial charge in [-0.2, -0.15) is 0 Å². The molecule has 0 unspecified atom stereocenters. The quantitative estimate of drug-likeness (QED) is 0.774. The molecule has 0 bridgehead atoms. The molecule has 1 amide bonds. The third-order valence-corrected chi connectivity index (χ3v) is 4.01. The molecule has 1 aliphatic carbocycles. The molecule has 92 valence electrons. The molecule has 1 fully saturated rings. The van der Waals surface area contributed by atoms with E-state index in [1.54, 1.807) is 0 Å². The summed E-state index contributed by atoms with van der Waals surface area (Å²) in [4.78, 5) is 11.4. The number of piperidine rings is 1. The van der Waals surface area contributed by atoms with E-state index in [4.69, 9.17) is 0 Å². The largest absolute Gasteiger partial charge is 0.326 e. The minimum atomic E-state index is 0.139. The molecule has 0 spiro atoms. The maximum atomic E-state index is 11.4. The van der Waals surface area contributed by atoms with E-state index < -0.39 is 0 Å². The summed E-state index contributed by atoms with van der Waals surface area (Å²) < 4.78 is 0. The van der Waals surface area contributed by atoms with Crippen molar-refractivity contribution in [2.45, 2.75) is 46.5 Å². The summed E-state index contributed by atoms with van der Waals surface area (Å²) in [6.07, 6.45) is 10.2. The van der Waals surface area contributed by atoms with Gasteiger partial charge in [-0.3, -0.25) is 4.79 Å². The van der Waals surface area contributed by atoms with Crippen molar-refractivity contribution in [2.24, 2.45) is 5.41 Å². The fourth-order valence-electron chi connectivity index (χ4n) is 2.25. The SMILES string of the molecule is CCC(C)(C)C1=CC=C2NC(=O)CCC2=CC1. The fourth-order valence-corrected chi connectivity index (χ4v) is 2.25. The number of hydrogen-bond acceptors (Lipinski definition) is 1. The lowest BCUT2D eigenvalue weighted by Gasteiger charge is -2.25. The van der Waals surface area contributed by atoms with Crippen molar-refractivity contribution in [1.82, 2.24) is 5.32 Å². The Labute approximate surface area is 103 Å². The first-order chi connectivity index (χ1) is 8.03. The molecule has 1 N–H and O–H groups in total. The van der Waals surface area contributed by atoms with Crippen LogP contribution in [0.5, 0.6) is 0 Å². The predicted molar refractivity (Wildman–Crippen MR) is 70.3 cm³/mol. The summed E-state index contributed by atoms with van der Waals surface area (Å²) in [6.45, 7) is 6.79. The molecule has 1 aliphatic heterocycles. The molecule has 0 radical (unpaired) electrons. The van der Waals surface area contributed by atoms with Crippen LogP contribution in [0.3, 0.4) is 0 Å². The van der Waals surface area contributed by atoms with Crippen molar-refractivity contribution in [2.75, 3.05) is 0 Å². The first kappa shape index (κ1) is 12.2. The van der Waals surface area contributed by atoms with Gasteiger partial charge in [0.15, 0.2) is 0 Å². The number of allylic oxidation sites excluding steroid dienone is 5. The van der Waals surface area contributed by atoms with Gasteiger partial charge in [-0.05, 0) is 36.3 Å².